The van der Waals surface area contributed by atoms with Crippen LogP contribution in [0.3, 0.4) is 0 Å². The van der Waals surface area contributed by atoms with Gasteiger partial charge >= 0.3 is 0 Å². The van der Waals surface area contributed by atoms with Gasteiger partial charge in [-0.25, -0.2) is 4.98 Å². The van der Waals surface area contributed by atoms with E-state index in [1.165, 1.54) is 9.75 Å². The highest BCUT2D eigenvalue weighted by molar-refractivity contribution is 7.15. The van der Waals surface area contributed by atoms with Crippen LogP contribution in [0.25, 0.3) is 16.3 Å². The van der Waals surface area contributed by atoms with E-state index in [-0.39, 0.29) is 0 Å². The van der Waals surface area contributed by atoms with Crippen LogP contribution >= 0.6 is 11.3 Å². The lowest BCUT2D eigenvalue weighted by Gasteiger charge is -1.91. The van der Waals surface area contributed by atoms with Crippen molar-refractivity contribution in [1.29, 1.82) is 0 Å². The Labute approximate surface area is 96.7 Å². The third kappa shape index (κ3) is 1.36. The van der Waals surface area contributed by atoms with Crippen molar-refractivity contribution in [3.05, 3.63) is 35.1 Å². The summed E-state index contributed by atoms with van der Waals surface area (Å²) in [6.07, 6.45) is 3.85. The molecule has 5 heteroatoms. The van der Waals surface area contributed by atoms with Crippen LogP contribution < -0.4 is 5.73 Å². The van der Waals surface area contributed by atoms with E-state index in [9.17, 15) is 0 Å². The molecule has 82 valence electrons. The van der Waals surface area contributed by atoms with Gasteiger partial charge in [-0.05, 0) is 19.1 Å². The Morgan fingerprint density at radius 3 is 3.06 bits per heavy atom. The predicted molar refractivity (Wildman–Crippen MR) is 65.5 cm³/mol. The molecular formula is C11H12N4S. The molecule has 0 radical (unpaired) electrons. The average molecular weight is 232 g/mol. The van der Waals surface area contributed by atoms with Crippen LogP contribution in [0.15, 0.2) is 24.5 Å². The van der Waals surface area contributed by atoms with Crippen LogP contribution in [0.1, 0.15) is 10.6 Å². The van der Waals surface area contributed by atoms with E-state index in [4.69, 9.17) is 5.73 Å². The highest BCUT2D eigenvalue weighted by atomic mass is 32.1. The van der Waals surface area contributed by atoms with Gasteiger partial charge in [0.05, 0.1) is 22.5 Å². The zero-order chi connectivity index (χ0) is 11.1. The van der Waals surface area contributed by atoms with Crippen molar-refractivity contribution in [3.63, 3.8) is 0 Å². The Morgan fingerprint density at radius 1 is 1.50 bits per heavy atom. The van der Waals surface area contributed by atoms with Gasteiger partial charge in [0.15, 0.2) is 0 Å². The number of rotatable bonds is 2. The second kappa shape index (κ2) is 3.47. The van der Waals surface area contributed by atoms with E-state index >= 15 is 0 Å². The summed E-state index contributed by atoms with van der Waals surface area (Å²) in [6, 6.07) is 4.24. The van der Waals surface area contributed by atoms with Crippen molar-refractivity contribution in [1.82, 2.24) is 14.4 Å². The average Bonchev–Trinajstić information content (AvgIpc) is 2.90. The summed E-state index contributed by atoms with van der Waals surface area (Å²) in [5, 5.41) is 0. The summed E-state index contributed by atoms with van der Waals surface area (Å²) in [6.45, 7) is 2.61. The van der Waals surface area contributed by atoms with Gasteiger partial charge < -0.3 is 10.7 Å². The van der Waals surface area contributed by atoms with Crippen LogP contribution in [0.4, 0.5) is 0 Å². The predicted octanol–water partition coefficient (Wildman–Crippen LogP) is 2.16. The molecule has 0 spiro atoms. The number of aryl methyl sites for hydroxylation is 1. The highest BCUT2D eigenvalue weighted by Gasteiger charge is 2.08. The van der Waals surface area contributed by atoms with E-state index < -0.39 is 0 Å². The van der Waals surface area contributed by atoms with Crippen molar-refractivity contribution in [2.24, 2.45) is 5.73 Å². The van der Waals surface area contributed by atoms with E-state index in [1.807, 2.05) is 4.40 Å². The summed E-state index contributed by atoms with van der Waals surface area (Å²) in [5.41, 5.74) is 7.75. The molecule has 0 atom stereocenters. The minimum absolute atomic E-state index is 0.502. The molecule has 3 rings (SSSR count). The lowest BCUT2D eigenvalue weighted by Crippen LogP contribution is -1.98. The molecule has 0 saturated heterocycles. The first-order valence-corrected chi connectivity index (χ1v) is 5.91. The first-order chi connectivity index (χ1) is 7.78. The number of aromatic nitrogens is 3. The van der Waals surface area contributed by atoms with E-state index in [2.05, 4.69) is 35.2 Å². The fourth-order valence-corrected chi connectivity index (χ4v) is 2.60. The van der Waals surface area contributed by atoms with Crippen LogP contribution in [0.2, 0.25) is 0 Å². The molecule has 0 aliphatic heterocycles. The SMILES string of the molecule is Cc1ccc(-c2cn3c(CN)cnc3[nH]2)s1. The number of aromatic amines is 1. The maximum atomic E-state index is 5.64. The van der Waals surface area contributed by atoms with Crippen molar-refractivity contribution >= 4 is 17.1 Å². The molecule has 3 heterocycles. The summed E-state index contributed by atoms with van der Waals surface area (Å²) in [7, 11) is 0. The standard InChI is InChI=1S/C11H12N4S/c1-7-2-3-10(16-7)9-6-15-8(4-12)5-13-11(15)14-9/h2-3,5-6H,4,12H2,1H3,(H,13,14). The molecule has 3 N–H and O–H groups in total. The van der Waals surface area contributed by atoms with Gasteiger partial charge in [-0.1, -0.05) is 0 Å². The summed E-state index contributed by atoms with van der Waals surface area (Å²) in [5.74, 6) is 0.849. The molecule has 3 aromatic heterocycles. The topological polar surface area (TPSA) is 59.1 Å². The van der Waals surface area contributed by atoms with E-state index in [1.54, 1.807) is 17.5 Å². The minimum atomic E-state index is 0.502. The molecule has 3 aromatic rings. The number of H-pyrrole nitrogens is 1. The van der Waals surface area contributed by atoms with Crippen LogP contribution in [0, 0.1) is 6.92 Å². The monoisotopic (exact) mass is 232 g/mol. The smallest absolute Gasteiger partial charge is 0.211 e. The summed E-state index contributed by atoms with van der Waals surface area (Å²) < 4.78 is 2.00. The van der Waals surface area contributed by atoms with E-state index in [0.717, 1.165) is 17.2 Å². The molecule has 0 aliphatic rings. The molecule has 0 aromatic carbocycles. The summed E-state index contributed by atoms with van der Waals surface area (Å²) >= 11 is 1.77. The van der Waals surface area contributed by atoms with Gasteiger partial charge in [0.2, 0.25) is 5.78 Å². The molecule has 4 nitrogen and oxygen atoms in total. The lowest BCUT2D eigenvalue weighted by atomic mass is 10.3. The van der Waals surface area contributed by atoms with Gasteiger partial charge in [-0.15, -0.1) is 11.3 Å². The Morgan fingerprint density at radius 2 is 2.38 bits per heavy atom. The van der Waals surface area contributed by atoms with Crippen molar-refractivity contribution < 1.29 is 0 Å². The number of fused-ring (bicyclic) bond motifs is 1. The zero-order valence-electron chi connectivity index (χ0n) is 8.90. The van der Waals surface area contributed by atoms with Crippen molar-refractivity contribution in [2.75, 3.05) is 0 Å². The number of nitrogens with two attached hydrogens (primary N) is 1. The van der Waals surface area contributed by atoms with Gasteiger partial charge in [-0.2, -0.15) is 0 Å². The molecule has 0 unspecified atom stereocenters. The van der Waals surface area contributed by atoms with Crippen molar-refractivity contribution in [3.8, 4) is 10.6 Å². The maximum absolute atomic E-state index is 5.64. The second-order valence-corrected chi connectivity index (χ2v) is 5.01. The Kier molecular flexibility index (Phi) is 2.08. The van der Waals surface area contributed by atoms with Crippen LogP contribution in [-0.2, 0) is 6.54 Å². The normalized spacial score (nSPS) is 11.4. The molecular weight excluding hydrogens is 220 g/mol. The molecule has 0 bridgehead atoms. The largest absolute Gasteiger partial charge is 0.325 e. The van der Waals surface area contributed by atoms with Crippen LogP contribution in [-0.4, -0.2) is 14.4 Å². The third-order valence-corrected chi connectivity index (χ3v) is 3.63. The summed E-state index contributed by atoms with van der Waals surface area (Å²) in [4.78, 5) is 10.1. The van der Waals surface area contributed by atoms with Crippen LogP contribution in [0.5, 0.6) is 0 Å². The number of nitrogens with zero attached hydrogens (tertiary/aromatic N) is 2. The fraction of sp³-hybridized carbons (Fsp3) is 0.182. The molecule has 0 amide bonds. The number of hydrogen-bond donors (Lipinski definition) is 2. The number of hydrogen-bond acceptors (Lipinski definition) is 3. The minimum Gasteiger partial charge on any atom is -0.325 e. The third-order valence-electron chi connectivity index (χ3n) is 2.59. The highest BCUT2D eigenvalue weighted by Crippen LogP contribution is 2.27. The second-order valence-electron chi connectivity index (χ2n) is 3.73. The Balaban J connectivity index is 2.15. The fourth-order valence-electron chi connectivity index (χ4n) is 1.77. The van der Waals surface area contributed by atoms with Crippen molar-refractivity contribution in [2.45, 2.75) is 13.5 Å². The molecule has 0 saturated carbocycles. The lowest BCUT2D eigenvalue weighted by molar-refractivity contribution is 0.966. The molecule has 0 fully saturated rings. The first-order valence-electron chi connectivity index (χ1n) is 5.10. The van der Waals surface area contributed by atoms with Gasteiger partial charge in [0.1, 0.15) is 0 Å². The van der Waals surface area contributed by atoms with Gasteiger partial charge in [0.25, 0.3) is 0 Å². The number of thiophene rings is 1. The quantitative estimate of drug-likeness (QED) is 0.711. The first kappa shape index (κ1) is 9.62. The molecule has 16 heavy (non-hydrogen) atoms. The van der Waals surface area contributed by atoms with E-state index in [0.29, 0.717) is 6.54 Å². The number of imidazole rings is 2. The van der Waals surface area contributed by atoms with Gasteiger partial charge in [-0.3, -0.25) is 4.40 Å². The maximum Gasteiger partial charge on any atom is 0.211 e. The Hall–Kier alpha value is -1.59. The Bertz CT molecular complexity index is 631. The van der Waals surface area contributed by atoms with Gasteiger partial charge in [0, 0.05) is 17.6 Å². The zero-order valence-corrected chi connectivity index (χ0v) is 9.71. The molecule has 0 aliphatic carbocycles. The number of nitrogens with one attached hydrogen (secondary N) is 1.